The Labute approximate surface area is 133 Å². The van der Waals surface area contributed by atoms with Crippen LogP contribution in [0.5, 0.6) is 5.75 Å². The highest BCUT2D eigenvalue weighted by atomic mass is 32.2. The second-order valence-electron chi connectivity index (χ2n) is 5.03. The summed E-state index contributed by atoms with van der Waals surface area (Å²) in [6.45, 7) is 1.73. The average molecular weight is 330 g/mol. The van der Waals surface area contributed by atoms with Crippen LogP contribution in [0.2, 0.25) is 0 Å². The number of aryl methyl sites for hydroxylation is 1. The summed E-state index contributed by atoms with van der Waals surface area (Å²) in [5, 5.41) is 14.5. The molecule has 3 rings (SSSR count). The number of aromatic hydroxyl groups is 1. The van der Waals surface area contributed by atoms with Gasteiger partial charge < -0.3 is 9.52 Å². The van der Waals surface area contributed by atoms with Gasteiger partial charge in [-0.15, -0.1) is 0 Å². The summed E-state index contributed by atoms with van der Waals surface area (Å²) < 4.78 is 28.3. The SMILES string of the molecule is Cc1nc(-c2ccc(O)cc2)c(-c2ccc(S(N)(=O)=O)cc2)o1. The summed E-state index contributed by atoms with van der Waals surface area (Å²) in [6.07, 6.45) is 0. The Bertz CT molecular complexity index is 943. The highest BCUT2D eigenvalue weighted by Gasteiger charge is 2.16. The number of hydrogen-bond donors (Lipinski definition) is 2. The van der Waals surface area contributed by atoms with Crippen LogP contribution in [-0.4, -0.2) is 18.5 Å². The van der Waals surface area contributed by atoms with Crippen molar-refractivity contribution in [2.45, 2.75) is 11.8 Å². The van der Waals surface area contributed by atoms with E-state index >= 15 is 0 Å². The molecule has 0 atom stereocenters. The van der Waals surface area contributed by atoms with E-state index < -0.39 is 10.0 Å². The Morgan fingerprint density at radius 2 is 1.57 bits per heavy atom. The van der Waals surface area contributed by atoms with Gasteiger partial charge in [0.25, 0.3) is 0 Å². The van der Waals surface area contributed by atoms with Crippen molar-refractivity contribution in [3.05, 3.63) is 54.4 Å². The van der Waals surface area contributed by atoms with Gasteiger partial charge in [-0.05, 0) is 48.5 Å². The molecule has 0 fully saturated rings. The number of nitrogens with two attached hydrogens (primary N) is 1. The molecule has 23 heavy (non-hydrogen) atoms. The van der Waals surface area contributed by atoms with Crippen LogP contribution in [0.15, 0.2) is 57.8 Å². The minimum atomic E-state index is -3.74. The van der Waals surface area contributed by atoms with E-state index in [1.807, 2.05) is 0 Å². The minimum absolute atomic E-state index is 0.0312. The number of benzene rings is 2. The van der Waals surface area contributed by atoms with Gasteiger partial charge in [0.05, 0.1) is 4.90 Å². The van der Waals surface area contributed by atoms with Crippen molar-refractivity contribution in [3.8, 4) is 28.3 Å². The molecule has 3 N–H and O–H groups in total. The predicted octanol–water partition coefficient (Wildman–Crippen LogP) is 2.67. The van der Waals surface area contributed by atoms with E-state index in [1.165, 1.54) is 12.1 Å². The highest BCUT2D eigenvalue weighted by Crippen LogP contribution is 2.33. The van der Waals surface area contributed by atoms with E-state index in [9.17, 15) is 13.5 Å². The Balaban J connectivity index is 2.09. The fraction of sp³-hybridized carbons (Fsp3) is 0.0625. The van der Waals surface area contributed by atoms with Gasteiger partial charge in [-0.2, -0.15) is 0 Å². The second kappa shape index (κ2) is 5.53. The van der Waals surface area contributed by atoms with Gasteiger partial charge in [0.15, 0.2) is 11.7 Å². The van der Waals surface area contributed by atoms with Crippen LogP contribution in [0.4, 0.5) is 0 Å². The molecule has 0 spiro atoms. The second-order valence-corrected chi connectivity index (χ2v) is 6.59. The van der Waals surface area contributed by atoms with Crippen molar-refractivity contribution in [3.63, 3.8) is 0 Å². The zero-order chi connectivity index (χ0) is 16.6. The molecule has 0 radical (unpaired) electrons. The van der Waals surface area contributed by atoms with Gasteiger partial charge >= 0.3 is 0 Å². The molecule has 7 heteroatoms. The molecule has 0 aliphatic rings. The third kappa shape index (κ3) is 3.10. The third-order valence-electron chi connectivity index (χ3n) is 3.32. The molecule has 3 aromatic rings. The van der Waals surface area contributed by atoms with E-state index in [0.717, 1.165) is 5.56 Å². The van der Waals surface area contributed by atoms with E-state index in [0.29, 0.717) is 22.9 Å². The zero-order valence-electron chi connectivity index (χ0n) is 12.2. The van der Waals surface area contributed by atoms with Crippen LogP contribution < -0.4 is 5.14 Å². The lowest BCUT2D eigenvalue weighted by molar-refractivity contribution is 0.475. The summed E-state index contributed by atoms with van der Waals surface area (Å²) in [5.74, 6) is 1.17. The molecular formula is C16H14N2O4S. The first-order valence-electron chi connectivity index (χ1n) is 6.74. The third-order valence-corrected chi connectivity index (χ3v) is 4.25. The number of aromatic nitrogens is 1. The van der Waals surface area contributed by atoms with Crippen molar-refractivity contribution in [2.24, 2.45) is 5.14 Å². The number of hydrogen-bond acceptors (Lipinski definition) is 5. The lowest BCUT2D eigenvalue weighted by Crippen LogP contribution is -2.11. The zero-order valence-corrected chi connectivity index (χ0v) is 13.0. The number of primary sulfonamides is 1. The Kier molecular flexibility index (Phi) is 3.67. The van der Waals surface area contributed by atoms with Crippen LogP contribution in [0.3, 0.4) is 0 Å². The molecule has 0 saturated carbocycles. The van der Waals surface area contributed by atoms with Crippen LogP contribution in [-0.2, 0) is 10.0 Å². The van der Waals surface area contributed by atoms with E-state index in [4.69, 9.17) is 9.56 Å². The quantitative estimate of drug-likeness (QED) is 0.768. The first kappa shape index (κ1) is 15.3. The maximum atomic E-state index is 11.3. The largest absolute Gasteiger partial charge is 0.508 e. The van der Waals surface area contributed by atoms with Crippen molar-refractivity contribution >= 4 is 10.0 Å². The molecule has 0 saturated heterocycles. The fourth-order valence-electron chi connectivity index (χ4n) is 2.23. The van der Waals surface area contributed by atoms with Gasteiger partial charge in [0, 0.05) is 18.1 Å². The Morgan fingerprint density at radius 1 is 1.00 bits per heavy atom. The van der Waals surface area contributed by atoms with E-state index in [1.54, 1.807) is 43.3 Å². The van der Waals surface area contributed by atoms with Gasteiger partial charge in [0.1, 0.15) is 11.4 Å². The van der Waals surface area contributed by atoms with Gasteiger partial charge in [-0.25, -0.2) is 18.5 Å². The van der Waals surface area contributed by atoms with Crippen molar-refractivity contribution in [2.75, 3.05) is 0 Å². The average Bonchev–Trinajstić information content (AvgIpc) is 2.89. The fourth-order valence-corrected chi connectivity index (χ4v) is 2.75. The van der Waals surface area contributed by atoms with Gasteiger partial charge in [-0.3, -0.25) is 0 Å². The van der Waals surface area contributed by atoms with Crippen molar-refractivity contribution < 1.29 is 17.9 Å². The number of phenolic OH excluding ortho intramolecular Hbond substituents is 1. The molecule has 6 nitrogen and oxygen atoms in total. The first-order valence-corrected chi connectivity index (χ1v) is 8.29. The van der Waals surface area contributed by atoms with Crippen molar-refractivity contribution in [1.29, 1.82) is 0 Å². The lowest BCUT2D eigenvalue weighted by atomic mass is 10.1. The van der Waals surface area contributed by atoms with Gasteiger partial charge in [0.2, 0.25) is 10.0 Å². The van der Waals surface area contributed by atoms with Gasteiger partial charge in [-0.1, -0.05) is 0 Å². The highest BCUT2D eigenvalue weighted by molar-refractivity contribution is 7.89. The number of phenols is 1. The molecule has 0 aliphatic heterocycles. The maximum absolute atomic E-state index is 11.3. The molecule has 0 bridgehead atoms. The summed E-state index contributed by atoms with van der Waals surface area (Å²) >= 11 is 0. The summed E-state index contributed by atoms with van der Waals surface area (Å²) in [4.78, 5) is 4.40. The molecule has 0 unspecified atom stereocenters. The molecule has 1 aromatic heterocycles. The summed E-state index contributed by atoms with van der Waals surface area (Å²) in [5.41, 5.74) is 2.08. The molecule has 118 valence electrons. The predicted molar refractivity (Wildman–Crippen MR) is 85.2 cm³/mol. The van der Waals surface area contributed by atoms with Crippen LogP contribution in [0.1, 0.15) is 5.89 Å². The minimum Gasteiger partial charge on any atom is -0.508 e. The van der Waals surface area contributed by atoms with E-state index in [-0.39, 0.29) is 10.6 Å². The van der Waals surface area contributed by atoms with Crippen LogP contribution >= 0.6 is 0 Å². The summed E-state index contributed by atoms with van der Waals surface area (Å²) in [6, 6.07) is 12.7. The smallest absolute Gasteiger partial charge is 0.238 e. The number of sulfonamides is 1. The normalized spacial score (nSPS) is 11.6. The topological polar surface area (TPSA) is 106 Å². The standard InChI is InChI=1S/C16H14N2O4S/c1-10-18-15(11-2-6-13(19)7-3-11)16(22-10)12-4-8-14(9-5-12)23(17,20)21/h2-9,19H,1H3,(H2,17,20,21). The van der Waals surface area contributed by atoms with Crippen LogP contribution in [0, 0.1) is 6.92 Å². The monoisotopic (exact) mass is 330 g/mol. The summed E-state index contributed by atoms with van der Waals surface area (Å²) in [7, 11) is -3.74. The van der Waals surface area contributed by atoms with Crippen LogP contribution in [0.25, 0.3) is 22.6 Å². The molecule has 2 aromatic carbocycles. The molecule has 0 amide bonds. The number of rotatable bonds is 3. The Hall–Kier alpha value is -2.64. The number of nitrogens with zero attached hydrogens (tertiary/aromatic N) is 1. The number of oxazole rings is 1. The van der Waals surface area contributed by atoms with Crippen molar-refractivity contribution in [1.82, 2.24) is 4.98 Å². The maximum Gasteiger partial charge on any atom is 0.238 e. The molecule has 1 heterocycles. The molecular weight excluding hydrogens is 316 g/mol. The molecule has 0 aliphatic carbocycles. The van der Waals surface area contributed by atoms with E-state index in [2.05, 4.69) is 4.98 Å². The first-order chi connectivity index (χ1) is 10.8. The Morgan fingerprint density at radius 3 is 2.13 bits per heavy atom. The lowest BCUT2D eigenvalue weighted by Gasteiger charge is -2.03.